The van der Waals surface area contributed by atoms with E-state index in [9.17, 15) is 13.2 Å². The quantitative estimate of drug-likeness (QED) is 0.778. The zero-order valence-electron chi connectivity index (χ0n) is 13.3. The number of nitrogens with zero attached hydrogens (tertiary/aromatic N) is 2. The Balaban J connectivity index is 2.10. The number of fused-ring (bicyclic) bond motifs is 1. The molecule has 0 fully saturated rings. The van der Waals surface area contributed by atoms with Crippen molar-refractivity contribution in [2.45, 2.75) is 38.8 Å². The number of rotatable bonds is 1. The fourth-order valence-electron chi connectivity index (χ4n) is 2.95. The Morgan fingerprint density at radius 1 is 1.04 bits per heavy atom. The molecule has 6 heteroatoms. The number of halogens is 3. The van der Waals surface area contributed by atoms with Crippen molar-refractivity contribution in [1.29, 1.82) is 0 Å². The van der Waals surface area contributed by atoms with Gasteiger partial charge in [-0.1, -0.05) is 29.8 Å². The van der Waals surface area contributed by atoms with E-state index in [1.807, 2.05) is 0 Å². The van der Waals surface area contributed by atoms with Crippen LogP contribution in [0, 0.1) is 0 Å². The maximum Gasteiger partial charge on any atom is 0.417 e. The van der Waals surface area contributed by atoms with Gasteiger partial charge in [0, 0.05) is 11.1 Å². The normalized spacial score (nSPS) is 15.2. The van der Waals surface area contributed by atoms with Gasteiger partial charge in [-0.2, -0.15) is 13.2 Å². The highest BCUT2D eigenvalue weighted by atomic mass is 19.4. The molecular weight excluding hydrogens is 315 g/mol. The van der Waals surface area contributed by atoms with Crippen LogP contribution < -0.4 is 5.73 Å². The number of hydrogen-bond donors (Lipinski definition) is 1. The Morgan fingerprint density at radius 2 is 1.79 bits per heavy atom. The molecule has 0 atom stereocenters. The summed E-state index contributed by atoms with van der Waals surface area (Å²) in [6.07, 6.45) is 0.712. The lowest BCUT2D eigenvalue weighted by Gasteiger charge is -2.17. The first-order valence-corrected chi connectivity index (χ1v) is 7.83. The van der Waals surface area contributed by atoms with Crippen LogP contribution >= 0.6 is 0 Å². The van der Waals surface area contributed by atoms with Crippen molar-refractivity contribution < 1.29 is 13.2 Å². The predicted octanol–water partition coefficient (Wildman–Crippen LogP) is 4.57. The van der Waals surface area contributed by atoms with Gasteiger partial charge in [0.05, 0.1) is 11.3 Å². The SMILES string of the molecule is CC1=CCCc2nc(-c3ccccc3C(F)(F)F)nc(N)c2CC1. The van der Waals surface area contributed by atoms with Gasteiger partial charge < -0.3 is 5.73 Å². The minimum absolute atomic E-state index is 0.0340. The van der Waals surface area contributed by atoms with E-state index in [1.54, 1.807) is 6.07 Å². The smallest absolute Gasteiger partial charge is 0.383 e. The highest BCUT2D eigenvalue weighted by Gasteiger charge is 2.34. The third-order valence-corrected chi connectivity index (χ3v) is 4.24. The van der Waals surface area contributed by atoms with E-state index in [2.05, 4.69) is 23.0 Å². The van der Waals surface area contributed by atoms with Gasteiger partial charge in [0.2, 0.25) is 0 Å². The second kappa shape index (κ2) is 6.26. The number of hydrogen-bond acceptors (Lipinski definition) is 3. The molecule has 0 radical (unpaired) electrons. The first-order valence-electron chi connectivity index (χ1n) is 7.83. The average molecular weight is 333 g/mol. The molecule has 1 aliphatic rings. The topological polar surface area (TPSA) is 51.8 Å². The van der Waals surface area contributed by atoms with E-state index in [4.69, 9.17) is 5.73 Å². The van der Waals surface area contributed by atoms with E-state index >= 15 is 0 Å². The van der Waals surface area contributed by atoms with Crippen molar-refractivity contribution in [2.75, 3.05) is 5.73 Å². The molecule has 1 heterocycles. The molecule has 0 saturated carbocycles. The second-order valence-corrected chi connectivity index (χ2v) is 5.99. The Labute approximate surface area is 138 Å². The minimum atomic E-state index is -4.46. The van der Waals surface area contributed by atoms with Gasteiger partial charge in [0.25, 0.3) is 0 Å². The number of alkyl halides is 3. The predicted molar refractivity (Wildman–Crippen MR) is 87.3 cm³/mol. The number of nitrogen functional groups attached to an aromatic ring is 1. The number of allylic oxidation sites excluding steroid dienone is 2. The van der Waals surface area contributed by atoms with Gasteiger partial charge in [-0.15, -0.1) is 0 Å². The van der Waals surface area contributed by atoms with Gasteiger partial charge in [-0.25, -0.2) is 9.97 Å². The molecule has 0 aliphatic heterocycles. The lowest BCUT2D eigenvalue weighted by Crippen LogP contribution is -2.12. The zero-order chi connectivity index (χ0) is 17.3. The van der Waals surface area contributed by atoms with Gasteiger partial charge in [0.15, 0.2) is 5.82 Å². The van der Waals surface area contributed by atoms with E-state index in [1.165, 1.54) is 17.7 Å². The summed E-state index contributed by atoms with van der Waals surface area (Å²) in [6, 6.07) is 5.33. The molecule has 1 aromatic heterocycles. The van der Waals surface area contributed by atoms with Crippen LogP contribution in [0.3, 0.4) is 0 Å². The number of anilines is 1. The summed E-state index contributed by atoms with van der Waals surface area (Å²) in [7, 11) is 0. The molecule has 3 rings (SSSR count). The summed E-state index contributed by atoms with van der Waals surface area (Å²) in [5, 5.41) is 0. The molecule has 0 saturated heterocycles. The molecule has 24 heavy (non-hydrogen) atoms. The van der Waals surface area contributed by atoms with Crippen molar-refractivity contribution in [1.82, 2.24) is 9.97 Å². The van der Waals surface area contributed by atoms with E-state index in [-0.39, 0.29) is 17.2 Å². The van der Waals surface area contributed by atoms with Gasteiger partial charge in [-0.3, -0.25) is 0 Å². The van der Waals surface area contributed by atoms with Crippen molar-refractivity contribution in [3.8, 4) is 11.4 Å². The molecule has 0 bridgehead atoms. The Morgan fingerprint density at radius 3 is 2.54 bits per heavy atom. The van der Waals surface area contributed by atoms with Gasteiger partial charge >= 0.3 is 6.18 Å². The number of nitrogens with two attached hydrogens (primary N) is 1. The monoisotopic (exact) mass is 333 g/mol. The minimum Gasteiger partial charge on any atom is -0.383 e. The largest absolute Gasteiger partial charge is 0.417 e. The van der Waals surface area contributed by atoms with Crippen LogP contribution in [0.1, 0.15) is 36.6 Å². The summed E-state index contributed by atoms with van der Waals surface area (Å²) in [5.74, 6) is 0.321. The van der Waals surface area contributed by atoms with E-state index in [0.29, 0.717) is 12.8 Å². The van der Waals surface area contributed by atoms with Crippen molar-refractivity contribution >= 4 is 5.82 Å². The van der Waals surface area contributed by atoms with Crippen molar-refractivity contribution in [3.63, 3.8) is 0 Å². The van der Waals surface area contributed by atoms with Crippen LogP contribution in [0.2, 0.25) is 0 Å². The summed E-state index contributed by atoms with van der Waals surface area (Å²) in [5.41, 5.74) is 8.16. The van der Waals surface area contributed by atoms with Crippen LogP contribution in [0.4, 0.5) is 19.0 Å². The number of aryl methyl sites for hydroxylation is 1. The highest BCUT2D eigenvalue weighted by Crippen LogP contribution is 2.36. The molecule has 0 unspecified atom stereocenters. The summed E-state index contributed by atoms with van der Waals surface area (Å²) < 4.78 is 39.7. The second-order valence-electron chi connectivity index (χ2n) is 5.99. The van der Waals surface area contributed by atoms with Crippen LogP contribution in [0.25, 0.3) is 11.4 Å². The summed E-state index contributed by atoms with van der Waals surface area (Å²) >= 11 is 0. The van der Waals surface area contributed by atoms with Crippen LogP contribution in [0.5, 0.6) is 0 Å². The maximum atomic E-state index is 13.2. The lowest BCUT2D eigenvalue weighted by atomic mass is 9.97. The lowest BCUT2D eigenvalue weighted by molar-refractivity contribution is -0.137. The van der Waals surface area contributed by atoms with Crippen LogP contribution in [-0.2, 0) is 19.0 Å². The molecule has 2 N–H and O–H groups in total. The van der Waals surface area contributed by atoms with Crippen LogP contribution in [0.15, 0.2) is 35.9 Å². The average Bonchev–Trinajstić information content (AvgIpc) is 2.51. The summed E-state index contributed by atoms with van der Waals surface area (Å²) in [6.45, 7) is 2.07. The molecule has 0 spiro atoms. The molecular formula is C18H18F3N3. The first-order chi connectivity index (χ1) is 11.4. The number of aromatic nitrogens is 2. The van der Waals surface area contributed by atoms with Gasteiger partial charge in [-0.05, 0) is 38.7 Å². The first kappa shape index (κ1) is 16.5. The van der Waals surface area contributed by atoms with Crippen molar-refractivity contribution in [2.24, 2.45) is 0 Å². The number of benzene rings is 1. The Kier molecular flexibility index (Phi) is 4.30. The molecule has 126 valence electrons. The maximum absolute atomic E-state index is 13.2. The molecule has 1 aromatic carbocycles. The van der Waals surface area contributed by atoms with Crippen LogP contribution in [-0.4, -0.2) is 9.97 Å². The third-order valence-electron chi connectivity index (χ3n) is 4.24. The fraction of sp³-hybridized carbons (Fsp3) is 0.333. The third kappa shape index (κ3) is 3.27. The molecule has 0 amide bonds. The summed E-state index contributed by atoms with van der Waals surface area (Å²) in [4.78, 5) is 8.60. The fourth-order valence-corrected chi connectivity index (χ4v) is 2.95. The van der Waals surface area contributed by atoms with Gasteiger partial charge in [0.1, 0.15) is 5.82 Å². The standard InChI is InChI=1S/C18H18F3N3/c1-11-5-4-8-15-13(10-9-11)16(22)24-17(23-15)12-6-2-3-7-14(12)18(19,20)21/h2-3,5-7H,4,8-10H2,1H3,(H2,22,23,24). The van der Waals surface area contributed by atoms with Crippen molar-refractivity contribution in [3.05, 3.63) is 52.7 Å². The molecule has 1 aliphatic carbocycles. The molecule has 3 nitrogen and oxygen atoms in total. The zero-order valence-corrected chi connectivity index (χ0v) is 13.3. The Hall–Kier alpha value is -2.37. The molecule has 2 aromatic rings. The van der Waals surface area contributed by atoms with E-state index in [0.717, 1.165) is 30.2 Å². The Bertz CT molecular complexity index is 795. The van der Waals surface area contributed by atoms with E-state index < -0.39 is 11.7 Å². The highest BCUT2D eigenvalue weighted by molar-refractivity contribution is 5.63.